The van der Waals surface area contributed by atoms with Gasteiger partial charge in [0.25, 0.3) is 0 Å². The van der Waals surface area contributed by atoms with E-state index in [9.17, 15) is 0 Å². The maximum atomic E-state index is 5.69. The molecular formula is C11H16Cl3N3. The minimum atomic E-state index is 0. The summed E-state index contributed by atoms with van der Waals surface area (Å²) in [5.41, 5.74) is 8.54. The first-order chi connectivity index (χ1) is 7.31. The first-order valence-electron chi connectivity index (χ1n) is 5.07. The van der Waals surface area contributed by atoms with E-state index in [1.54, 1.807) is 0 Å². The van der Waals surface area contributed by atoms with E-state index in [2.05, 4.69) is 9.55 Å². The molecule has 0 saturated carbocycles. The van der Waals surface area contributed by atoms with Crippen LogP contribution >= 0.6 is 36.4 Å². The Balaban J connectivity index is 0.00000128. The van der Waals surface area contributed by atoms with Gasteiger partial charge in [0.2, 0.25) is 0 Å². The van der Waals surface area contributed by atoms with E-state index in [4.69, 9.17) is 17.3 Å². The monoisotopic (exact) mass is 295 g/mol. The zero-order valence-electron chi connectivity index (χ0n) is 9.30. The molecule has 0 aliphatic rings. The number of aromatic nitrogens is 2. The fraction of sp³-hybridized carbons (Fsp3) is 0.364. The highest BCUT2D eigenvalue weighted by atomic mass is 35.5. The van der Waals surface area contributed by atoms with Crippen LogP contribution in [0.3, 0.4) is 0 Å². The number of hydrogen-bond acceptors (Lipinski definition) is 2. The second kappa shape index (κ2) is 7.64. The molecule has 0 fully saturated rings. The molecule has 0 amide bonds. The summed E-state index contributed by atoms with van der Waals surface area (Å²) < 4.78 is 2.14. The van der Waals surface area contributed by atoms with Gasteiger partial charge in [0, 0.05) is 18.1 Å². The Labute approximate surface area is 118 Å². The van der Waals surface area contributed by atoms with Gasteiger partial charge in [-0.2, -0.15) is 0 Å². The quantitative estimate of drug-likeness (QED) is 0.533. The highest BCUT2D eigenvalue weighted by Gasteiger charge is 2.01. The average Bonchev–Trinajstić information content (AvgIpc) is 2.61. The molecule has 0 aliphatic heterocycles. The lowest BCUT2D eigenvalue weighted by molar-refractivity contribution is 0.648. The largest absolute Gasteiger partial charge is 0.399 e. The van der Waals surface area contributed by atoms with Crippen molar-refractivity contribution < 1.29 is 0 Å². The maximum Gasteiger partial charge on any atom is 0.0958 e. The van der Waals surface area contributed by atoms with Crippen LogP contribution in [0, 0.1) is 0 Å². The SMILES string of the molecule is Cl.Cl.Nc1ccc2c(c1)ncn2CCCCCl. The van der Waals surface area contributed by atoms with Gasteiger partial charge in [-0.3, -0.25) is 0 Å². The second-order valence-electron chi connectivity index (χ2n) is 3.58. The Morgan fingerprint density at radius 3 is 2.71 bits per heavy atom. The Bertz CT molecular complexity index is 456. The molecule has 1 aromatic heterocycles. The van der Waals surface area contributed by atoms with Crippen molar-refractivity contribution in [3.8, 4) is 0 Å². The topological polar surface area (TPSA) is 43.8 Å². The molecule has 96 valence electrons. The predicted molar refractivity (Wildman–Crippen MR) is 78.6 cm³/mol. The molecule has 0 bridgehead atoms. The molecule has 2 N–H and O–H groups in total. The molecule has 0 radical (unpaired) electrons. The van der Waals surface area contributed by atoms with Gasteiger partial charge in [0.1, 0.15) is 0 Å². The zero-order chi connectivity index (χ0) is 10.7. The number of nitrogens with two attached hydrogens (primary N) is 1. The first kappa shape index (κ1) is 16.4. The minimum absolute atomic E-state index is 0. The number of hydrogen-bond donors (Lipinski definition) is 1. The highest BCUT2D eigenvalue weighted by molar-refractivity contribution is 6.17. The third-order valence-electron chi connectivity index (χ3n) is 2.43. The lowest BCUT2D eigenvalue weighted by Crippen LogP contribution is -1.96. The molecule has 0 aliphatic carbocycles. The van der Waals surface area contributed by atoms with Gasteiger partial charge in [-0.15, -0.1) is 36.4 Å². The van der Waals surface area contributed by atoms with Crippen molar-refractivity contribution >= 4 is 53.1 Å². The fourth-order valence-electron chi connectivity index (χ4n) is 1.64. The van der Waals surface area contributed by atoms with Gasteiger partial charge in [-0.1, -0.05) is 0 Å². The van der Waals surface area contributed by atoms with Crippen LogP contribution in [-0.2, 0) is 6.54 Å². The average molecular weight is 297 g/mol. The Morgan fingerprint density at radius 1 is 1.24 bits per heavy atom. The number of anilines is 1. The zero-order valence-corrected chi connectivity index (χ0v) is 11.7. The molecule has 1 heterocycles. The minimum Gasteiger partial charge on any atom is -0.399 e. The summed E-state index contributed by atoms with van der Waals surface area (Å²) in [4.78, 5) is 4.31. The van der Waals surface area contributed by atoms with Crippen molar-refractivity contribution in [3.05, 3.63) is 24.5 Å². The van der Waals surface area contributed by atoms with E-state index in [1.165, 1.54) is 0 Å². The van der Waals surface area contributed by atoms with E-state index < -0.39 is 0 Å². The predicted octanol–water partition coefficient (Wildman–Crippen LogP) is 3.48. The summed E-state index contributed by atoms with van der Waals surface area (Å²) in [5.74, 6) is 0.722. The fourth-order valence-corrected chi connectivity index (χ4v) is 1.82. The lowest BCUT2D eigenvalue weighted by atomic mass is 10.2. The Hall–Kier alpha value is -0.640. The number of fused-ring (bicyclic) bond motifs is 1. The summed E-state index contributed by atoms with van der Waals surface area (Å²) in [5, 5.41) is 0. The third-order valence-corrected chi connectivity index (χ3v) is 2.70. The molecule has 0 saturated heterocycles. The van der Waals surface area contributed by atoms with Crippen LogP contribution < -0.4 is 5.73 Å². The normalized spacial score (nSPS) is 9.71. The van der Waals surface area contributed by atoms with E-state index in [-0.39, 0.29) is 24.8 Å². The molecule has 6 heteroatoms. The van der Waals surface area contributed by atoms with Gasteiger partial charge in [-0.05, 0) is 31.0 Å². The first-order valence-corrected chi connectivity index (χ1v) is 5.61. The lowest BCUT2D eigenvalue weighted by Gasteiger charge is -2.02. The van der Waals surface area contributed by atoms with E-state index in [0.717, 1.165) is 42.0 Å². The number of unbranched alkanes of at least 4 members (excludes halogenated alkanes) is 1. The van der Waals surface area contributed by atoms with E-state index >= 15 is 0 Å². The van der Waals surface area contributed by atoms with Gasteiger partial charge in [0.15, 0.2) is 0 Å². The molecule has 1 aromatic carbocycles. The van der Waals surface area contributed by atoms with Gasteiger partial charge < -0.3 is 10.3 Å². The van der Waals surface area contributed by atoms with Gasteiger partial charge in [-0.25, -0.2) is 4.98 Å². The van der Waals surface area contributed by atoms with Crippen LogP contribution in [0.4, 0.5) is 5.69 Å². The summed E-state index contributed by atoms with van der Waals surface area (Å²) in [6.07, 6.45) is 3.98. The molecule has 0 spiro atoms. The Kier molecular flexibility index (Phi) is 7.35. The molecule has 2 aromatic rings. The maximum absolute atomic E-state index is 5.69. The molecule has 17 heavy (non-hydrogen) atoms. The summed E-state index contributed by atoms with van der Waals surface area (Å²) in [6.45, 7) is 0.965. The number of rotatable bonds is 4. The van der Waals surface area contributed by atoms with Crippen molar-refractivity contribution in [1.82, 2.24) is 9.55 Å². The molecular weight excluding hydrogens is 281 g/mol. The highest BCUT2D eigenvalue weighted by Crippen LogP contribution is 2.16. The van der Waals surface area contributed by atoms with Crippen LogP contribution in [0.25, 0.3) is 11.0 Å². The standard InChI is InChI=1S/C11H14ClN3.2ClH/c12-5-1-2-6-15-8-14-10-7-9(13)3-4-11(10)15;;/h3-4,7-8H,1-2,5-6,13H2;2*1H. The number of benzene rings is 1. The van der Waals surface area contributed by atoms with Crippen molar-refractivity contribution in [3.63, 3.8) is 0 Å². The van der Waals surface area contributed by atoms with Crippen LogP contribution in [0.5, 0.6) is 0 Å². The number of alkyl halides is 1. The molecule has 0 atom stereocenters. The van der Waals surface area contributed by atoms with Crippen molar-refractivity contribution in [1.29, 1.82) is 0 Å². The number of imidazole rings is 1. The van der Waals surface area contributed by atoms with Crippen LogP contribution in [0.15, 0.2) is 24.5 Å². The second-order valence-corrected chi connectivity index (χ2v) is 3.96. The number of halogens is 3. The number of nitrogens with zero attached hydrogens (tertiary/aromatic N) is 2. The van der Waals surface area contributed by atoms with Crippen LogP contribution in [0.2, 0.25) is 0 Å². The Morgan fingerprint density at radius 2 is 2.00 bits per heavy atom. The van der Waals surface area contributed by atoms with Crippen LogP contribution in [-0.4, -0.2) is 15.4 Å². The molecule has 3 nitrogen and oxygen atoms in total. The number of nitrogen functional groups attached to an aromatic ring is 1. The van der Waals surface area contributed by atoms with E-state index in [0.29, 0.717) is 0 Å². The third kappa shape index (κ3) is 3.95. The summed E-state index contributed by atoms with van der Waals surface area (Å²) in [7, 11) is 0. The molecule has 2 rings (SSSR count). The van der Waals surface area contributed by atoms with Crippen molar-refractivity contribution in [2.24, 2.45) is 0 Å². The summed E-state index contributed by atoms with van der Waals surface area (Å²) in [6, 6.07) is 5.81. The van der Waals surface area contributed by atoms with Gasteiger partial charge in [0.05, 0.1) is 17.4 Å². The smallest absolute Gasteiger partial charge is 0.0958 e. The summed E-state index contributed by atoms with van der Waals surface area (Å²) >= 11 is 5.64. The van der Waals surface area contributed by atoms with Crippen molar-refractivity contribution in [2.45, 2.75) is 19.4 Å². The number of aryl methyl sites for hydroxylation is 1. The van der Waals surface area contributed by atoms with E-state index in [1.807, 2.05) is 24.5 Å². The van der Waals surface area contributed by atoms with Gasteiger partial charge >= 0.3 is 0 Å². The van der Waals surface area contributed by atoms with Crippen LogP contribution in [0.1, 0.15) is 12.8 Å². The molecule has 0 unspecified atom stereocenters. The van der Waals surface area contributed by atoms with Crippen molar-refractivity contribution in [2.75, 3.05) is 11.6 Å².